The van der Waals surface area contributed by atoms with Gasteiger partial charge in [0.2, 0.25) is 0 Å². The fourth-order valence-corrected chi connectivity index (χ4v) is 2.09. The van der Waals surface area contributed by atoms with Crippen molar-refractivity contribution in [3.63, 3.8) is 0 Å². The Kier molecular flexibility index (Phi) is 4.62. The van der Waals surface area contributed by atoms with Crippen LogP contribution in [0.15, 0.2) is 16.6 Å². The van der Waals surface area contributed by atoms with Gasteiger partial charge in [0.15, 0.2) is 0 Å². The molecule has 0 saturated carbocycles. The Hall–Kier alpha value is -0.540. The molecule has 0 radical (unpaired) electrons. The molecule has 0 aliphatic rings. The fraction of sp³-hybridized carbons (Fsp3) is 0.571. The molecule has 0 spiro atoms. The second-order valence-corrected chi connectivity index (χ2v) is 6.52. The van der Waals surface area contributed by atoms with Crippen LogP contribution in [0.4, 0.5) is 5.69 Å². The normalized spacial score (nSPS) is 13.6. The Balaban J connectivity index is 2.95. The van der Waals surface area contributed by atoms with Gasteiger partial charge in [-0.2, -0.15) is 0 Å². The second kappa shape index (κ2) is 5.40. The number of hydrogen-bond donors (Lipinski definition) is 2. The predicted octanol–water partition coefficient (Wildman–Crippen LogP) is 3.85. The molecule has 0 bridgehead atoms. The molecule has 0 fully saturated rings. The molecule has 0 aromatic heterocycles. The van der Waals surface area contributed by atoms with Crippen molar-refractivity contribution in [1.82, 2.24) is 0 Å². The number of rotatable bonds is 3. The van der Waals surface area contributed by atoms with E-state index in [0.29, 0.717) is 6.54 Å². The van der Waals surface area contributed by atoms with E-state index < -0.39 is 0 Å². The number of nitrogens with one attached hydrogen (secondary N) is 1. The van der Waals surface area contributed by atoms with Gasteiger partial charge in [-0.05, 0) is 42.5 Å². The topological polar surface area (TPSA) is 38.0 Å². The Labute approximate surface area is 113 Å². The van der Waals surface area contributed by atoms with Crippen molar-refractivity contribution in [3.8, 4) is 0 Å². The highest BCUT2D eigenvalue weighted by atomic mass is 79.9. The highest BCUT2D eigenvalue weighted by Gasteiger charge is 2.23. The highest BCUT2D eigenvalue weighted by molar-refractivity contribution is 9.10. The number of halogens is 1. The first kappa shape index (κ1) is 14.5. The number of aryl methyl sites for hydroxylation is 2. The van der Waals surface area contributed by atoms with E-state index in [0.717, 1.165) is 5.69 Å². The van der Waals surface area contributed by atoms with Crippen molar-refractivity contribution in [1.29, 1.82) is 0 Å². The summed E-state index contributed by atoms with van der Waals surface area (Å²) in [6.45, 7) is 11.5. The van der Waals surface area contributed by atoms with Crippen LogP contribution in [0.2, 0.25) is 0 Å². The summed E-state index contributed by atoms with van der Waals surface area (Å²) in [6, 6.07) is 4.60. The first-order valence-electron chi connectivity index (χ1n) is 5.99. The summed E-state index contributed by atoms with van der Waals surface area (Å²) in [7, 11) is 0. The zero-order valence-electron chi connectivity index (χ0n) is 11.4. The predicted molar refractivity (Wildman–Crippen MR) is 79.5 cm³/mol. The summed E-state index contributed by atoms with van der Waals surface area (Å²) in [5.74, 6) is 0. The van der Waals surface area contributed by atoms with E-state index >= 15 is 0 Å². The van der Waals surface area contributed by atoms with E-state index in [1.165, 1.54) is 15.6 Å². The van der Waals surface area contributed by atoms with Gasteiger partial charge in [-0.25, -0.2) is 0 Å². The zero-order chi connectivity index (χ0) is 13.2. The van der Waals surface area contributed by atoms with Crippen molar-refractivity contribution in [3.05, 3.63) is 27.7 Å². The number of hydrogen-bond acceptors (Lipinski definition) is 2. The number of benzene rings is 1. The van der Waals surface area contributed by atoms with E-state index in [-0.39, 0.29) is 11.5 Å². The molecule has 1 rings (SSSR count). The van der Waals surface area contributed by atoms with Gasteiger partial charge in [-0.3, -0.25) is 0 Å². The van der Waals surface area contributed by atoms with Crippen LogP contribution in [0.25, 0.3) is 0 Å². The van der Waals surface area contributed by atoms with Crippen molar-refractivity contribution in [2.45, 2.75) is 40.7 Å². The molecule has 96 valence electrons. The zero-order valence-corrected chi connectivity index (χ0v) is 13.0. The molecule has 1 aromatic rings. The van der Waals surface area contributed by atoms with Crippen LogP contribution in [-0.4, -0.2) is 12.6 Å². The molecule has 0 amide bonds. The van der Waals surface area contributed by atoms with Gasteiger partial charge >= 0.3 is 0 Å². The van der Waals surface area contributed by atoms with Gasteiger partial charge in [0.25, 0.3) is 0 Å². The van der Waals surface area contributed by atoms with Crippen molar-refractivity contribution in [2.24, 2.45) is 11.1 Å². The highest BCUT2D eigenvalue weighted by Crippen LogP contribution is 2.28. The SMILES string of the molecule is Cc1cc(NC(CN)C(C)(C)C)cc(C)c1Br. The summed E-state index contributed by atoms with van der Waals surface area (Å²) in [5, 5.41) is 3.53. The lowest BCUT2D eigenvalue weighted by molar-refractivity contribution is 0.346. The van der Waals surface area contributed by atoms with Gasteiger partial charge < -0.3 is 11.1 Å². The van der Waals surface area contributed by atoms with Crippen LogP contribution < -0.4 is 11.1 Å². The van der Waals surface area contributed by atoms with E-state index in [1.807, 2.05) is 0 Å². The summed E-state index contributed by atoms with van der Waals surface area (Å²) in [6.07, 6.45) is 0. The van der Waals surface area contributed by atoms with Crippen molar-refractivity contribution >= 4 is 21.6 Å². The maximum Gasteiger partial charge on any atom is 0.0432 e. The molecule has 0 aliphatic carbocycles. The largest absolute Gasteiger partial charge is 0.380 e. The molecule has 0 heterocycles. The first-order valence-corrected chi connectivity index (χ1v) is 6.78. The van der Waals surface area contributed by atoms with Crippen molar-refractivity contribution in [2.75, 3.05) is 11.9 Å². The van der Waals surface area contributed by atoms with Gasteiger partial charge in [0.1, 0.15) is 0 Å². The van der Waals surface area contributed by atoms with Crippen LogP contribution in [-0.2, 0) is 0 Å². The third-order valence-corrected chi connectivity index (χ3v) is 4.31. The molecule has 3 heteroatoms. The molecule has 1 aromatic carbocycles. The van der Waals surface area contributed by atoms with E-state index in [4.69, 9.17) is 5.73 Å². The monoisotopic (exact) mass is 298 g/mol. The van der Waals surface area contributed by atoms with Gasteiger partial charge in [0, 0.05) is 22.7 Å². The number of nitrogens with two attached hydrogens (primary N) is 1. The minimum atomic E-state index is 0.156. The Bertz CT molecular complexity index is 371. The molecule has 3 N–H and O–H groups in total. The standard InChI is InChI=1S/C14H23BrN2/c1-9-6-11(7-10(2)13(9)15)17-12(8-16)14(3,4)5/h6-7,12,17H,8,16H2,1-5H3. The number of anilines is 1. The molecular weight excluding hydrogens is 276 g/mol. The maximum atomic E-state index is 5.84. The summed E-state index contributed by atoms with van der Waals surface area (Å²) in [5.41, 5.74) is 9.64. The molecule has 2 nitrogen and oxygen atoms in total. The van der Waals surface area contributed by atoms with Gasteiger partial charge in [-0.15, -0.1) is 0 Å². The molecule has 0 saturated heterocycles. The summed E-state index contributed by atoms with van der Waals surface area (Å²) >= 11 is 3.58. The van der Waals surface area contributed by atoms with Crippen LogP contribution in [0.1, 0.15) is 31.9 Å². The third kappa shape index (κ3) is 3.71. The first-order chi connectivity index (χ1) is 7.75. The Morgan fingerprint density at radius 1 is 1.24 bits per heavy atom. The van der Waals surface area contributed by atoms with Gasteiger partial charge in [-0.1, -0.05) is 36.7 Å². The molecule has 0 aliphatic heterocycles. The minimum absolute atomic E-state index is 0.156. The summed E-state index contributed by atoms with van der Waals surface area (Å²) in [4.78, 5) is 0. The van der Waals surface area contributed by atoms with E-state index in [1.54, 1.807) is 0 Å². The minimum Gasteiger partial charge on any atom is -0.380 e. The molecule has 1 unspecified atom stereocenters. The lowest BCUT2D eigenvalue weighted by atomic mass is 9.86. The smallest absolute Gasteiger partial charge is 0.0432 e. The summed E-state index contributed by atoms with van der Waals surface area (Å²) < 4.78 is 1.18. The maximum absolute atomic E-state index is 5.84. The second-order valence-electron chi connectivity index (χ2n) is 5.72. The molecular formula is C14H23BrN2. The van der Waals surface area contributed by atoms with E-state index in [9.17, 15) is 0 Å². The van der Waals surface area contributed by atoms with Crippen LogP contribution >= 0.6 is 15.9 Å². The Morgan fingerprint density at radius 2 is 1.71 bits per heavy atom. The average molecular weight is 299 g/mol. The average Bonchev–Trinajstić information content (AvgIpc) is 2.20. The van der Waals surface area contributed by atoms with Crippen LogP contribution in [0, 0.1) is 19.3 Å². The quantitative estimate of drug-likeness (QED) is 0.889. The third-order valence-electron chi connectivity index (χ3n) is 3.06. The van der Waals surface area contributed by atoms with Gasteiger partial charge in [0.05, 0.1) is 0 Å². The molecule has 17 heavy (non-hydrogen) atoms. The lowest BCUT2D eigenvalue weighted by Crippen LogP contribution is -2.40. The fourth-order valence-electron chi connectivity index (χ4n) is 1.86. The van der Waals surface area contributed by atoms with E-state index in [2.05, 4.69) is 68.0 Å². The van der Waals surface area contributed by atoms with Crippen LogP contribution in [0.5, 0.6) is 0 Å². The molecule has 1 atom stereocenters. The Morgan fingerprint density at radius 3 is 2.06 bits per heavy atom. The lowest BCUT2D eigenvalue weighted by Gasteiger charge is -2.31. The van der Waals surface area contributed by atoms with Crippen LogP contribution in [0.3, 0.4) is 0 Å². The van der Waals surface area contributed by atoms with Crippen molar-refractivity contribution < 1.29 is 0 Å².